The maximum atomic E-state index is 4.58. The Bertz CT molecular complexity index is 378. The monoisotopic (exact) mass is 224 g/mol. The normalized spacial score (nSPS) is 10.6. The van der Waals surface area contributed by atoms with E-state index in [4.69, 9.17) is 0 Å². The fraction of sp³-hybridized carbons (Fsp3) is 0.300. The number of thiophene rings is 1. The van der Waals surface area contributed by atoms with Gasteiger partial charge < -0.3 is 5.32 Å². The van der Waals surface area contributed by atoms with Crippen LogP contribution in [0.2, 0.25) is 0 Å². The van der Waals surface area contributed by atoms with Crippen molar-refractivity contribution in [3.8, 4) is 11.3 Å². The molecule has 2 heterocycles. The maximum Gasteiger partial charge on any atom is 0.0945 e. The summed E-state index contributed by atoms with van der Waals surface area (Å²) in [6.07, 6.45) is 1.02. The number of aromatic nitrogens is 1. The minimum Gasteiger partial charge on any atom is -0.319 e. The molecule has 0 unspecified atom stereocenters. The van der Waals surface area contributed by atoms with Crippen molar-refractivity contribution in [2.24, 2.45) is 0 Å². The van der Waals surface area contributed by atoms with Crippen LogP contribution in [0.4, 0.5) is 0 Å². The molecule has 0 atom stereocenters. The number of rotatable bonds is 4. The molecule has 4 heteroatoms. The molecule has 0 aliphatic heterocycles. The van der Waals surface area contributed by atoms with Crippen molar-refractivity contribution in [3.05, 3.63) is 27.2 Å². The van der Waals surface area contributed by atoms with Crippen LogP contribution in [0.1, 0.15) is 5.01 Å². The summed E-state index contributed by atoms with van der Waals surface area (Å²) in [5.41, 5.74) is 2.35. The highest BCUT2D eigenvalue weighted by Gasteiger charge is 2.03. The van der Waals surface area contributed by atoms with E-state index >= 15 is 0 Å². The van der Waals surface area contributed by atoms with Crippen molar-refractivity contribution in [1.82, 2.24) is 10.3 Å². The largest absolute Gasteiger partial charge is 0.319 e. The smallest absolute Gasteiger partial charge is 0.0945 e. The summed E-state index contributed by atoms with van der Waals surface area (Å²) in [5.74, 6) is 0. The van der Waals surface area contributed by atoms with Gasteiger partial charge in [-0.3, -0.25) is 0 Å². The zero-order valence-corrected chi connectivity index (χ0v) is 9.62. The molecule has 0 fully saturated rings. The Morgan fingerprint density at radius 3 is 3.07 bits per heavy atom. The van der Waals surface area contributed by atoms with Gasteiger partial charge in [-0.1, -0.05) is 0 Å². The Balaban J connectivity index is 2.10. The number of likely N-dealkylation sites (N-methyl/N-ethyl adjacent to an activating group) is 1. The van der Waals surface area contributed by atoms with E-state index in [1.165, 1.54) is 10.6 Å². The standard InChI is InChI=1S/C10H12N2S2/c1-11-4-2-10-12-9(7-14-10)8-3-5-13-6-8/h3,5-7,11H,2,4H2,1H3. The first-order chi connectivity index (χ1) is 6.90. The summed E-state index contributed by atoms with van der Waals surface area (Å²) in [7, 11) is 1.97. The van der Waals surface area contributed by atoms with Gasteiger partial charge in [-0.05, 0) is 18.5 Å². The molecule has 0 radical (unpaired) electrons. The van der Waals surface area contributed by atoms with Gasteiger partial charge in [0.25, 0.3) is 0 Å². The summed E-state index contributed by atoms with van der Waals surface area (Å²) in [6, 6.07) is 2.11. The summed E-state index contributed by atoms with van der Waals surface area (Å²) in [5, 5.41) is 10.7. The molecule has 0 aliphatic rings. The average Bonchev–Trinajstić information content (AvgIpc) is 2.85. The molecule has 1 N–H and O–H groups in total. The zero-order valence-electron chi connectivity index (χ0n) is 7.99. The summed E-state index contributed by atoms with van der Waals surface area (Å²) < 4.78 is 0. The van der Waals surface area contributed by atoms with Crippen LogP contribution in [0.3, 0.4) is 0 Å². The second-order valence-electron chi connectivity index (χ2n) is 2.99. The lowest BCUT2D eigenvalue weighted by molar-refractivity contribution is 0.788. The van der Waals surface area contributed by atoms with E-state index in [9.17, 15) is 0 Å². The number of hydrogen-bond donors (Lipinski definition) is 1. The van der Waals surface area contributed by atoms with Gasteiger partial charge in [0.1, 0.15) is 0 Å². The Morgan fingerprint density at radius 1 is 1.43 bits per heavy atom. The third-order valence-electron chi connectivity index (χ3n) is 1.96. The zero-order chi connectivity index (χ0) is 9.80. The highest BCUT2D eigenvalue weighted by molar-refractivity contribution is 7.10. The molecule has 0 amide bonds. The van der Waals surface area contributed by atoms with Gasteiger partial charge in [0.15, 0.2) is 0 Å². The molecule has 2 nitrogen and oxygen atoms in total. The van der Waals surface area contributed by atoms with Gasteiger partial charge in [-0.15, -0.1) is 11.3 Å². The predicted molar refractivity (Wildman–Crippen MR) is 63.1 cm³/mol. The third-order valence-corrected chi connectivity index (χ3v) is 3.55. The van der Waals surface area contributed by atoms with Crippen molar-refractivity contribution in [3.63, 3.8) is 0 Å². The van der Waals surface area contributed by atoms with Crippen molar-refractivity contribution in [2.75, 3.05) is 13.6 Å². The highest BCUT2D eigenvalue weighted by Crippen LogP contribution is 2.23. The number of hydrogen-bond acceptors (Lipinski definition) is 4. The Hall–Kier alpha value is -0.710. The van der Waals surface area contributed by atoms with Crippen LogP contribution in [0, 0.1) is 0 Å². The summed E-state index contributed by atoms with van der Waals surface area (Å²) >= 11 is 3.46. The van der Waals surface area contributed by atoms with E-state index in [1.54, 1.807) is 22.7 Å². The van der Waals surface area contributed by atoms with E-state index < -0.39 is 0 Å². The van der Waals surface area contributed by atoms with Gasteiger partial charge in [0, 0.05) is 29.3 Å². The van der Waals surface area contributed by atoms with Crippen LogP contribution in [-0.2, 0) is 6.42 Å². The van der Waals surface area contributed by atoms with Crippen LogP contribution < -0.4 is 5.32 Å². The highest BCUT2D eigenvalue weighted by atomic mass is 32.1. The minimum absolute atomic E-state index is 0.997. The topological polar surface area (TPSA) is 24.9 Å². The van der Waals surface area contributed by atoms with Crippen LogP contribution in [0.5, 0.6) is 0 Å². The first-order valence-electron chi connectivity index (χ1n) is 4.51. The lowest BCUT2D eigenvalue weighted by atomic mass is 10.3. The van der Waals surface area contributed by atoms with Crippen molar-refractivity contribution >= 4 is 22.7 Å². The lowest BCUT2D eigenvalue weighted by Crippen LogP contribution is -2.09. The van der Waals surface area contributed by atoms with Crippen LogP contribution in [0.15, 0.2) is 22.2 Å². The molecule has 0 spiro atoms. The number of thiazole rings is 1. The Morgan fingerprint density at radius 2 is 2.36 bits per heavy atom. The first kappa shape index (κ1) is 9.83. The molecule has 74 valence electrons. The molecule has 0 aromatic carbocycles. The second-order valence-corrected chi connectivity index (χ2v) is 4.71. The molecule has 2 aromatic rings. The Labute approximate surface area is 91.6 Å². The number of nitrogens with zero attached hydrogens (tertiary/aromatic N) is 1. The maximum absolute atomic E-state index is 4.58. The van der Waals surface area contributed by atoms with Gasteiger partial charge in [-0.25, -0.2) is 4.98 Å². The van der Waals surface area contributed by atoms with Crippen molar-refractivity contribution in [1.29, 1.82) is 0 Å². The second kappa shape index (κ2) is 4.68. The molecule has 0 saturated carbocycles. The quantitative estimate of drug-likeness (QED) is 0.863. The summed E-state index contributed by atoms with van der Waals surface area (Å²) in [4.78, 5) is 4.58. The van der Waals surface area contributed by atoms with E-state index in [0.717, 1.165) is 18.7 Å². The molecule has 2 rings (SSSR count). The molecule has 0 saturated heterocycles. The first-order valence-corrected chi connectivity index (χ1v) is 6.34. The number of nitrogens with one attached hydrogen (secondary N) is 1. The molecular formula is C10H12N2S2. The summed E-state index contributed by atoms with van der Waals surface area (Å²) in [6.45, 7) is 0.997. The van der Waals surface area contributed by atoms with Gasteiger partial charge in [-0.2, -0.15) is 11.3 Å². The van der Waals surface area contributed by atoms with Crippen molar-refractivity contribution in [2.45, 2.75) is 6.42 Å². The molecule has 14 heavy (non-hydrogen) atoms. The van der Waals surface area contributed by atoms with Gasteiger partial charge in [0.05, 0.1) is 10.7 Å². The average molecular weight is 224 g/mol. The van der Waals surface area contributed by atoms with Gasteiger partial charge >= 0.3 is 0 Å². The minimum atomic E-state index is 0.997. The van der Waals surface area contributed by atoms with Crippen LogP contribution >= 0.6 is 22.7 Å². The van der Waals surface area contributed by atoms with Crippen molar-refractivity contribution < 1.29 is 0 Å². The third kappa shape index (κ3) is 2.20. The predicted octanol–water partition coefficient (Wildman–Crippen LogP) is 2.63. The van der Waals surface area contributed by atoms with E-state index in [2.05, 4.69) is 32.5 Å². The Kier molecular flexibility index (Phi) is 3.29. The van der Waals surface area contributed by atoms with E-state index in [-0.39, 0.29) is 0 Å². The van der Waals surface area contributed by atoms with Crippen LogP contribution in [0.25, 0.3) is 11.3 Å². The molecule has 0 bridgehead atoms. The fourth-order valence-electron chi connectivity index (χ4n) is 1.20. The molecule has 0 aliphatic carbocycles. The lowest BCUT2D eigenvalue weighted by Gasteiger charge is -1.93. The molecular weight excluding hydrogens is 212 g/mol. The van der Waals surface area contributed by atoms with Gasteiger partial charge in [0.2, 0.25) is 0 Å². The molecule has 2 aromatic heterocycles. The van der Waals surface area contributed by atoms with E-state index in [1.807, 2.05) is 7.05 Å². The van der Waals surface area contributed by atoms with Crippen LogP contribution in [-0.4, -0.2) is 18.6 Å². The van der Waals surface area contributed by atoms with E-state index in [0.29, 0.717) is 0 Å². The fourth-order valence-corrected chi connectivity index (χ4v) is 2.66. The SMILES string of the molecule is CNCCc1nc(-c2ccsc2)cs1.